The molecule has 0 bridgehead atoms. The summed E-state index contributed by atoms with van der Waals surface area (Å²) in [5, 5.41) is 12.6. The summed E-state index contributed by atoms with van der Waals surface area (Å²) in [5.74, 6) is -0.0385. The molecule has 0 aromatic carbocycles. The molecule has 1 atom stereocenters. The molecule has 2 aromatic rings. The van der Waals surface area contributed by atoms with Crippen LogP contribution < -0.4 is 9.80 Å². The van der Waals surface area contributed by atoms with E-state index in [1.807, 2.05) is 43.2 Å². The molecule has 160 valence electrons. The Kier molecular flexibility index (Phi) is 7.45. The first-order valence-corrected chi connectivity index (χ1v) is 11.9. The molecule has 2 amide bonds. The minimum absolute atomic E-state index is 0.00379. The minimum Gasteiger partial charge on any atom is -0.347 e. The number of anilines is 2. The first-order chi connectivity index (χ1) is 14.5. The number of hydrogen-bond donors (Lipinski definition) is 0. The Bertz CT molecular complexity index is 914. The predicted octanol–water partition coefficient (Wildman–Crippen LogP) is 3.77. The molecule has 0 spiro atoms. The van der Waals surface area contributed by atoms with Crippen molar-refractivity contribution in [1.82, 2.24) is 9.88 Å². The number of hydrogen-bond acceptors (Lipinski definition) is 7. The molecule has 2 aromatic heterocycles. The van der Waals surface area contributed by atoms with Gasteiger partial charge in [-0.3, -0.25) is 14.5 Å². The molecule has 1 saturated heterocycles. The summed E-state index contributed by atoms with van der Waals surface area (Å²) in [6.07, 6.45) is 1.81. The number of rotatable bonds is 7. The van der Waals surface area contributed by atoms with Crippen molar-refractivity contribution in [2.45, 2.75) is 33.6 Å². The number of aromatic nitrogens is 1. The van der Waals surface area contributed by atoms with Crippen LogP contribution in [0.5, 0.6) is 0 Å². The van der Waals surface area contributed by atoms with Gasteiger partial charge in [0.15, 0.2) is 5.13 Å². The van der Waals surface area contributed by atoms with Gasteiger partial charge in [-0.2, -0.15) is 5.26 Å². The lowest BCUT2D eigenvalue weighted by molar-refractivity contribution is -0.135. The summed E-state index contributed by atoms with van der Waals surface area (Å²) >= 11 is 2.78. The van der Waals surface area contributed by atoms with Crippen LogP contribution in [0.15, 0.2) is 17.5 Å². The molecule has 1 aliphatic heterocycles. The number of nitrogens with zero attached hydrogens (tertiary/aromatic N) is 5. The zero-order chi connectivity index (χ0) is 21.7. The van der Waals surface area contributed by atoms with E-state index in [1.165, 1.54) is 27.6 Å². The quantitative estimate of drug-likeness (QED) is 0.606. The zero-order valence-corrected chi connectivity index (χ0v) is 19.3. The number of thiophene rings is 1. The molecule has 9 heteroatoms. The van der Waals surface area contributed by atoms with Crippen LogP contribution in [0.2, 0.25) is 0 Å². The van der Waals surface area contributed by atoms with Crippen LogP contribution in [-0.2, 0) is 4.79 Å². The molecule has 0 radical (unpaired) electrons. The lowest BCUT2D eigenvalue weighted by Crippen LogP contribution is -2.44. The highest BCUT2D eigenvalue weighted by Crippen LogP contribution is 2.32. The number of amides is 2. The second kappa shape index (κ2) is 10.0. The number of thiazole rings is 1. The largest absolute Gasteiger partial charge is 0.347 e. The Labute approximate surface area is 185 Å². The van der Waals surface area contributed by atoms with Gasteiger partial charge in [0.1, 0.15) is 11.4 Å². The summed E-state index contributed by atoms with van der Waals surface area (Å²) < 4.78 is 0. The van der Waals surface area contributed by atoms with Gasteiger partial charge < -0.3 is 9.80 Å². The summed E-state index contributed by atoms with van der Waals surface area (Å²) in [5.41, 5.74) is 0.664. The standard InChI is InChI=1S/C21H27N5O2S2/c1-4-24(5-2)19(27)16-8-6-11-25(14-16)21-23-15(3)18(30-21)20(28)26(12-10-22)17-9-7-13-29-17/h7,9,13,16H,4-6,8,11-12,14H2,1-3H3. The normalized spacial score (nSPS) is 16.2. The van der Waals surface area contributed by atoms with Crippen molar-refractivity contribution in [3.63, 3.8) is 0 Å². The van der Waals surface area contributed by atoms with Crippen molar-refractivity contribution in [3.05, 3.63) is 28.1 Å². The van der Waals surface area contributed by atoms with Crippen LogP contribution in [0.4, 0.5) is 10.1 Å². The SMILES string of the molecule is CCN(CC)C(=O)C1CCCN(c2nc(C)c(C(=O)N(CC#N)c3cccs3)s2)C1. The van der Waals surface area contributed by atoms with Gasteiger partial charge in [0, 0.05) is 26.2 Å². The second-order valence-corrected chi connectivity index (χ2v) is 9.11. The van der Waals surface area contributed by atoms with Gasteiger partial charge in [0.05, 0.1) is 22.7 Å². The van der Waals surface area contributed by atoms with E-state index in [9.17, 15) is 14.9 Å². The number of piperidine rings is 1. The second-order valence-electron chi connectivity index (χ2n) is 7.21. The molecule has 0 saturated carbocycles. The summed E-state index contributed by atoms with van der Waals surface area (Å²) in [7, 11) is 0. The highest BCUT2D eigenvalue weighted by Gasteiger charge is 2.31. The molecule has 0 aliphatic carbocycles. The van der Waals surface area contributed by atoms with Crippen LogP contribution in [-0.4, -0.2) is 54.4 Å². The van der Waals surface area contributed by atoms with Crippen molar-refractivity contribution in [2.75, 3.05) is 42.5 Å². The van der Waals surface area contributed by atoms with Crippen LogP contribution in [0.3, 0.4) is 0 Å². The van der Waals surface area contributed by atoms with E-state index >= 15 is 0 Å². The summed E-state index contributed by atoms with van der Waals surface area (Å²) in [6.45, 7) is 8.73. The van der Waals surface area contributed by atoms with E-state index in [0.29, 0.717) is 17.1 Å². The number of aryl methyl sites for hydroxylation is 1. The van der Waals surface area contributed by atoms with Crippen LogP contribution in [0.1, 0.15) is 42.1 Å². The molecule has 30 heavy (non-hydrogen) atoms. The smallest absolute Gasteiger partial charge is 0.271 e. The van der Waals surface area contributed by atoms with E-state index in [2.05, 4.69) is 16.0 Å². The fourth-order valence-electron chi connectivity index (χ4n) is 3.73. The average Bonchev–Trinajstić information content (AvgIpc) is 3.42. The number of carbonyl (C=O) groups is 2. The van der Waals surface area contributed by atoms with E-state index in [0.717, 1.165) is 42.6 Å². The molecule has 1 fully saturated rings. The molecule has 1 aliphatic rings. The molecular formula is C21H27N5O2S2. The number of carbonyl (C=O) groups excluding carboxylic acids is 2. The van der Waals surface area contributed by atoms with E-state index in [1.54, 1.807) is 0 Å². The highest BCUT2D eigenvalue weighted by atomic mass is 32.1. The Balaban J connectivity index is 1.79. The lowest BCUT2D eigenvalue weighted by atomic mass is 9.97. The van der Waals surface area contributed by atoms with Crippen molar-refractivity contribution in [3.8, 4) is 6.07 Å². The fourth-order valence-corrected chi connectivity index (χ4v) is 5.51. The Morgan fingerprint density at radius 3 is 2.77 bits per heavy atom. The maximum absolute atomic E-state index is 13.2. The Hall–Kier alpha value is -2.44. The molecular weight excluding hydrogens is 418 g/mol. The zero-order valence-electron chi connectivity index (χ0n) is 17.6. The Morgan fingerprint density at radius 2 is 2.13 bits per heavy atom. The molecule has 1 unspecified atom stereocenters. The lowest BCUT2D eigenvalue weighted by Gasteiger charge is -2.34. The van der Waals surface area contributed by atoms with Crippen LogP contribution >= 0.6 is 22.7 Å². The van der Waals surface area contributed by atoms with Crippen molar-refractivity contribution in [1.29, 1.82) is 5.26 Å². The van der Waals surface area contributed by atoms with Gasteiger partial charge in [-0.1, -0.05) is 11.3 Å². The van der Waals surface area contributed by atoms with E-state index < -0.39 is 0 Å². The molecule has 3 heterocycles. The van der Waals surface area contributed by atoms with Gasteiger partial charge in [-0.25, -0.2) is 4.98 Å². The van der Waals surface area contributed by atoms with E-state index in [4.69, 9.17) is 0 Å². The van der Waals surface area contributed by atoms with Crippen LogP contribution in [0.25, 0.3) is 0 Å². The predicted molar refractivity (Wildman–Crippen MR) is 121 cm³/mol. The van der Waals surface area contributed by atoms with Gasteiger partial charge in [-0.05, 0) is 51.1 Å². The first kappa shape index (κ1) is 22.2. The minimum atomic E-state index is -0.201. The number of nitriles is 1. The Morgan fingerprint density at radius 1 is 1.37 bits per heavy atom. The molecule has 0 N–H and O–H groups in total. The maximum Gasteiger partial charge on any atom is 0.271 e. The van der Waals surface area contributed by atoms with Crippen molar-refractivity contribution in [2.24, 2.45) is 5.92 Å². The monoisotopic (exact) mass is 445 g/mol. The average molecular weight is 446 g/mol. The third-order valence-electron chi connectivity index (χ3n) is 5.34. The van der Waals surface area contributed by atoms with Crippen molar-refractivity contribution >= 4 is 44.6 Å². The third-order valence-corrected chi connectivity index (χ3v) is 7.44. The fraction of sp³-hybridized carbons (Fsp3) is 0.524. The topological polar surface area (TPSA) is 80.5 Å². The highest BCUT2D eigenvalue weighted by molar-refractivity contribution is 7.18. The van der Waals surface area contributed by atoms with Crippen LogP contribution in [0, 0.1) is 24.2 Å². The maximum atomic E-state index is 13.2. The van der Waals surface area contributed by atoms with E-state index in [-0.39, 0.29) is 24.3 Å². The summed E-state index contributed by atoms with van der Waals surface area (Å²) in [6, 6.07) is 5.78. The van der Waals surface area contributed by atoms with Crippen molar-refractivity contribution < 1.29 is 9.59 Å². The van der Waals surface area contributed by atoms with Gasteiger partial charge in [0.25, 0.3) is 5.91 Å². The van der Waals surface area contributed by atoms with Gasteiger partial charge in [-0.15, -0.1) is 11.3 Å². The summed E-state index contributed by atoms with van der Waals surface area (Å²) in [4.78, 5) is 36.7. The molecule has 3 rings (SSSR count). The first-order valence-electron chi connectivity index (χ1n) is 10.2. The van der Waals surface area contributed by atoms with Gasteiger partial charge in [0.2, 0.25) is 5.91 Å². The molecule has 7 nitrogen and oxygen atoms in total. The third kappa shape index (κ3) is 4.65. The van der Waals surface area contributed by atoms with Gasteiger partial charge >= 0.3 is 0 Å².